The molecule has 2 aromatic carbocycles. The van der Waals surface area contributed by atoms with E-state index in [2.05, 4.69) is 24.4 Å². The predicted molar refractivity (Wildman–Crippen MR) is 161 cm³/mol. The molecule has 256 valence electrons. The summed E-state index contributed by atoms with van der Waals surface area (Å²) in [6, 6.07) is 6.16. The van der Waals surface area contributed by atoms with Crippen LogP contribution in [0.25, 0.3) is 34.0 Å². The summed E-state index contributed by atoms with van der Waals surface area (Å²) >= 11 is 0. The molecule has 0 saturated carbocycles. The second kappa shape index (κ2) is 15.7. The van der Waals surface area contributed by atoms with E-state index in [9.17, 15) is 35.2 Å². The quantitative estimate of drug-likeness (QED) is 0.0576. The van der Waals surface area contributed by atoms with E-state index in [1.54, 1.807) is 6.92 Å². The van der Waals surface area contributed by atoms with Crippen LogP contribution < -0.4 is 4.74 Å². The van der Waals surface area contributed by atoms with Gasteiger partial charge in [0.25, 0.3) is 0 Å². The molecule has 2 aliphatic rings. The van der Waals surface area contributed by atoms with Gasteiger partial charge in [-0.15, -0.1) is 0 Å². The zero-order chi connectivity index (χ0) is 34.6. The van der Waals surface area contributed by atoms with Crippen molar-refractivity contribution in [2.24, 2.45) is 0 Å². The van der Waals surface area contributed by atoms with E-state index in [0.717, 1.165) is 35.1 Å². The van der Waals surface area contributed by atoms with Crippen LogP contribution in [0.15, 0.2) is 59.4 Å². The van der Waals surface area contributed by atoms with Crippen molar-refractivity contribution in [3.63, 3.8) is 0 Å². The Morgan fingerprint density at radius 3 is 2.49 bits per heavy atom. The van der Waals surface area contributed by atoms with Crippen LogP contribution in [-0.2, 0) is 30.3 Å². The first-order valence-electron chi connectivity index (χ1n) is 14.0. The van der Waals surface area contributed by atoms with Gasteiger partial charge in [-0.25, -0.2) is 32.4 Å². The molecule has 20 heteroatoms. The Kier molecular flexibility index (Phi) is 12.1. The maximum atomic E-state index is 14.4. The van der Waals surface area contributed by atoms with Crippen LogP contribution in [-0.4, -0.2) is 93.2 Å². The maximum absolute atomic E-state index is 14.4. The number of nitrogens with zero attached hydrogens (tertiary/aromatic N) is 5. The number of ether oxygens (including phenoxy) is 2. The zero-order valence-electron chi connectivity index (χ0n) is 24.6. The summed E-state index contributed by atoms with van der Waals surface area (Å²) in [6.07, 6.45) is -2.09. The molecular formula is C29H25F5N5NaO8S. The van der Waals surface area contributed by atoms with E-state index >= 15 is 0 Å². The van der Waals surface area contributed by atoms with Crippen LogP contribution in [0.2, 0.25) is 0 Å². The Balaban J connectivity index is 0.00000541. The van der Waals surface area contributed by atoms with Crippen LogP contribution in [0.3, 0.4) is 0 Å². The Hall–Kier alpha value is -4.01. The molecule has 49 heavy (non-hydrogen) atoms. The molecule has 5 rings (SSSR count). The van der Waals surface area contributed by atoms with Crippen LogP contribution >= 0.6 is 0 Å². The molecule has 13 nitrogen and oxygen atoms in total. The van der Waals surface area contributed by atoms with E-state index in [-0.39, 0.29) is 88.1 Å². The number of alkyl halides is 3. The summed E-state index contributed by atoms with van der Waals surface area (Å²) in [5.74, 6) is -3.92. The number of hydrogen-bond donors (Lipinski definition) is 1. The number of benzene rings is 2. The van der Waals surface area contributed by atoms with Crippen molar-refractivity contribution >= 4 is 45.9 Å². The van der Waals surface area contributed by atoms with Crippen molar-refractivity contribution in [1.29, 1.82) is 0 Å². The molecule has 0 fully saturated rings. The Bertz CT molecular complexity index is 2010. The van der Waals surface area contributed by atoms with E-state index < -0.39 is 59.0 Å². The standard InChI is InChI=1S/C29H24F5N5O8S.Na.H/c1-2-9-44-16-7-8-17(19(12-16)29(32,33)34)21-13-24(47-38-21)26(28(40)45-10-4-11-46-48(41,42)43)39-15-23-22(14-35-39)36-27(37-23)18-5-3-6-20(30)25(18)31;;/h3,5-8,12-15,26H,2,4,9-11H2,1H3,(H,41,42,43);;. The van der Waals surface area contributed by atoms with E-state index in [1.807, 2.05) is 0 Å². The third kappa shape index (κ3) is 9.17. The topological polar surface area (TPSA) is 169 Å². The fraction of sp³-hybridized carbons (Fsp3) is 0.276. The second-order valence-electron chi connectivity index (χ2n) is 10.0. The Labute approximate surface area is 297 Å². The molecule has 1 aromatic heterocycles. The van der Waals surface area contributed by atoms with Crippen LogP contribution in [0.1, 0.15) is 37.1 Å². The molecule has 0 bridgehead atoms. The van der Waals surface area contributed by atoms with Crippen molar-refractivity contribution in [1.82, 2.24) is 24.9 Å². The molecule has 0 amide bonds. The fourth-order valence-electron chi connectivity index (χ4n) is 4.44. The van der Waals surface area contributed by atoms with Gasteiger partial charge in [-0.05, 0) is 36.8 Å². The molecular weight excluding hydrogens is 696 g/mol. The van der Waals surface area contributed by atoms with Gasteiger partial charge < -0.3 is 14.0 Å². The molecule has 1 unspecified atom stereocenters. The van der Waals surface area contributed by atoms with Gasteiger partial charge in [0.2, 0.25) is 6.04 Å². The van der Waals surface area contributed by atoms with E-state index in [0.29, 0.717) is 6.42 Å². The summed E-state index contributed by atoms with van der Waals surface area (Å²) in [6.45, 7) is 1.02. The molecule has 2 aliphatic heterocycles. The monoisotopic (exact) mass is 721 g/mol. The first-order chi connectivity index (χ1) is 22.7. The van der Waals surface area contributed by atoms with Crippen LogP contribution in [0, 0.1) is 11.6 Å². The molecule has 0 radical (unpaired) electrons. The van der Waals surface area contributed by atoms with Gasteiger partial charge in [0.1, 0.15) is 22.8 Å². The van der Waals surface area contributed by atoms with Crippen molar-refractivity contribution in [2.75, 3.05) is 19.8 Å². The zero-order valence-corrected chi connectivity index (χ0v) is 25.5. The van der Waals surface area contributed by atoms with Gasteiger partial charge in [-0.1, -0.05) is 18.1 Å². The molecule has 3 heterocycles. The van der Waals surface area contributed by atoms with Crippen molar-refractivity contribution in [3.05, 3.63) is 77.8 Å². The Morgan fingerprint density at radius 2 is 1.78 bits per heavy atom. The summed E-state index contributed by atoms with van der Waals surface area (Å²) in [5.41, 5.74) is -1.81. The Morgan fingerprint density at radius 1 is 1.02 bits per heavy atom. The number of esters is 1. The van der Waals surface area contributed by atoms with E-state index in [1.165, 1.54) is 24.4 Å². The van der Waals surface area contributed by atoms with Crippen LogP contribution in [0.4, 0.5) is 22.0 Å². The number of fused-ring (bicyclic) bond motifs is 1. The van der Waals surface area contributed by atoms with Crippen molar-refractivity contribution < 1.29 is 57.9 Å². The average molecular weight is 722 g/mol. The summed E-state index contributed by atoms with van der Waals surface area (Å²) < 4.78 is 122. The normalized spacial score (nSPS) is 12.5. The predicted octanol–water partition coefficient (Wildman–Crippen LogP) is 4.88. The first kappa shape index (κ1) is 37.8. The van der Waals surface area contributed by atoms with Gasteiger partial charge in [-0.3, -0.25) is 4.55 Å². The summed E-state index contributed by atoms with van der Waals surface area (Å²) in [4.78, 5) is 21.7. The SMILES string of the molecule is CCCOc1ccc(-c2cc(C(C(=O)OCCCOS(=O)(=O)O)n3cc4nc(-c5cccc(F)c5F)nc-4cn3)on2)c(C(F)(F)F)c1.[NaH]. The van der Waals surface area contributed by atoms with Gasteiger partial charge in [0.05, 0.1) is 43.3 Å². The first-order valence-corrected chi connectivity index (χ1v) is 15.4. The van der Waals surface area contributed by atoms with E-state index in [4.69, 9.17) is 18.5 Å². The third-order valence-electron chi connectivity index (χ3n) is 6.57. The minimum atomic E-state index is -4.82. The van der Waals surface area contributed by atoms with Crippen molar-refractivity contribution in [3.8, 4) is 39.8 Å². The molecule has 3 aromatic rings. The number of halogens is 5. The number of rotatable bonds is 13. The van der Waals surface area contributed by atoms with Gasteiger partial charge in [0, 0.05) is 18.1 Å². The molecule has 1 atom stereocenters. The summed E-state index contributed by atoms with van der Waals surface area (Å²) in [7, 11) is -4.74. The summed E-state index contributed by atoms with van der Waals surface area (Å²) in [5, 5.41) is 7.89. The second-order valence-corrected chi connectivity index (χ2v) is 11.1. The third-order valence-corrected chi connectivity index (χ3v) is 7.04. The number of aromatic nitrogens is 5. The molecule has 0 aliphatic carbocycles. The fourth-order valence-corrected chi connectivity index (χ4v) is 4.77. The van der Waals surface area contributed by atoms with Gasteiger partial charge >= 0.3 is 52.1 Å². The minimum absolute atomic E-state index is 0. The number of carbonyl (C=O) groups is 1. The van der Waals surface area contributed by atoms with Gasteiger partial charge in [-0.2, -0.15) is 26.7 Å². The average Bonchev–Trinajstić information content (AvgIpc) is 3.68. The number of carbonyl (C=O) groups excluding carboxylic acids is 1. The molecule has 0 saturated heterocycles. The molecule has 1 N–H and O–H groups in total. The number of imidazole rings is 1. The van der Waals surface area contributed by atoms with Crippen LogP contribution in [0.5, 0.6) is 5.75 Å². The van der Waals surface area contributed by atoms with Gasteiger partial charge in [0.15, 0.2) is 23.2 Å². The molecule has 0 spiro atoms. The number of hydrogen-bond acceptors (Lipinski definition) is 11. The van der Waals surface area contributed by atoms with Crippen molar-refractivity contribution in [2.45, 2.75) is 32.0 Å².